The van der Waals surface area contributed by atoms with Gasteiger partial charge in [0.05, 0.1) is 0 Å². The number of hydrogen-bond donors (Lipinski definition) is 2. The third kappa shape index (κ3) is 214. The lowest BCUT2D eigenvalue weighted by Crippen LogP contribution is -2.09. The summed E-state index contributed by atoms with van der Waals surface area (Å²) in [4.78, 5) is 0. The zero-order valence-electron chi connectivity index (χ0n) is 8.91. The van der Waals surface area contributed by atoms with Crippen LogP contribution in [0.15, 0.2) is 0 Å². The molecule has 0 amide bonds. The molecule has 0 aliphatic heterocycles. The lowest BCUT2D eigenvalue weighted by Gasteiger charge is -1.86. The van der Waals surface area contributed by atoms with Gasteiger partial charge in [-0.25, -0.2) is 0 Å². The largest absolute Gasteiger partial charge is 0.331 e. The molecule has 0 atom stereocenters. The van der Waals surface area contributed by atoms with E-state index in [1.54, 1.807) is 0 Å². The van der Waals surface area contributed by atoms with Crippen molar-refractivity contribution in [3.63, 3.8) is 0 Å². The van der Waals surface area contributed by atoms with Gasteiger partial charge in [0.1, 0.15) is 0 Å². The molecule has 0 aromatic heterocycles. The molecule has 80 valence electrons. The SMILES string of the molecule is C.CCC.CCN.CCNCC. The van der Waals surface area contributed by atoms with Crippen LogP contribution in [-0.4, -0.2) is 19.6 Å². The van der Waals surface area contributed by atoms with Gasteiger partial charge in [0.25, 0.3) is 0 Å². The van der Waals surface area contributed by atoms with Gasteiger partial charge in [0.15, 0.2) is 0 Å². The Morgan fingerprint density at radius 2 is 1.08 bits per heavy atom. The number of nitrogens with one attached hydrogen (secondary N) is 1. The first-order valence-corrected chi connectivity index (χ1v) is 4.65. The van der Waals surface area contributed by atoms with E-state index in [-0.39, 0.29) is 7.43 Å². The van der Waals surface area contributed by atoms with E-state index in [1.165, 1.54) is 6.42 Å². The molecule has 0 saturated carbocycles. The van der Waals surface area contributed by atoms with Crippen LogP contribution in [0.3, 0.4) is 0 Å². The molecule has 3 N–H and O–H groups in total. The second-order valence-electron chi connectivity index (χ2n) is 2.07. The van der Waals surface area contributed by atoms with Gasteiger partial charge in [0, 0.05) is 0 Å². The summed E-state index contributed by atoms with van der Waals surface area (Å²) in [6.45, 7) is 13.3. The van der Waals surface area contributed by atoms with Crippen LogP contribution in [0.1, 0.15) is 48.5 Å². The minimum Gasteiger partial charge on any atom is -0.331 e. The summed E-state index contributed by atoms with van der Waals surface area (Å²) in [6.07, 6.45) is 1.25. The van der Waals surface area contributed by atoms with Gasteiger partial charge in [-0.15, -0.1) is 0 Å². The lowest BCUT2D eigenvalue weighted by atomic mass is 10.6. The van der Waals surface area contributed by atoms with E-state index in [4.69, 9.17) is 5.73 Å². The highest BCUT2D eigenvalue weighted by Gasteiger charge is 1.62. The fraction of sp³-hybridized carbons (Fsp3) is 1.00. The molecule has 2 nitrogen and oxygen atoms in total. The van der Waals surface area contributed by atoms with Crippen LogP contribution < -0.4 is 11.1 Å². The molecule has 0 saturated heterocycles. The van der Waals surface area contributed by atoms with E-state index < -0.39 is 0 Å². The van der Waals surface area contributed by atoms with Crippen molar-refractivity contribution < 1.29 is 0 Å². The van der Waals surface area contributed by atoms with Crippen LogP contribution in [0.5, 0.6) is 0 Å². The van der Waals surface area contributed by atoms with Crippen molar-refractivity contribution in [1.82, 2.24) is 5.32 Å². The third-order valence-electron chi connectivity index (χ3n) is 0.500. The Morgan fingerprint density at radius 1 is 0.917 bits per heavy atom. The first kappa shape index (κ1) is 22.7. The zero-order valence-corrected chi connectivity index (χ0v) is 8.91. The maximum Gasteiger partial charge on any atom is -0.00775 e. The van der Waals surface area contributed by atoms with Crippen molar-refractivity contribution in [1.29, 1.82) is 0 Å². The second-order valence-corrected chi connectivity index (χ2v) is 2.07. The molecule has 0 spiro atoms. The van der Waals surface area contributed by atoms with Crippen LogP contribution in [0, 0.1) is 0 Å². The quantitative estimate of drug-likeness (QED) is 0.682. The first-order chi connectivity index (χ1) is 5.24. The summed E-state index contributed by atoms with van der Waals surface area (Å²) < 4.78 is 0. The minimum atomic E-state index is 0. The van der Waals surface area contributed by atoms with Crippen molar-refractivity contribution in [3.05, 3.63) is 0 Å². The van der Waals surface area contributed by atoms with E-state index in [0.29, 0.717) is 0 Å². The van der Waals surface area contributed by atoms with Crippen molar-refractivity contribution in [2.45, 2.75) is 48.5 Å². The molecular weight excluding hydrogens is 148 g/mol. The Bertz CT molecular complexity index is 27.0. The molecule has 0 aromatic carbocycles. The molecule has 0 aromatic rings. The highest BCUT2D eigenvalue weighted by atomic mass is 14.8. The summed E-state index contributed by atoms with van der Waals surface area (Å²) in [5.74, 6) is 0. The standard InChI is InChI=1S/C4H11N.C3H8.C2H7N.CH4/c1-3-5-4-2;1-3-2;1-2-3;/h5H,3-4H2,1-2H3;3H2,1-2H3;2-3H2,1H3;1H4. The Morgan fingerprint density at radius 3 is 1.08 bits per heavy atom. The first-order valence-electron chi connectivity index (χ1n) is 4.65. The van der Waals surface area contributed by atoms with Gasteiger partial charge < -0.3 is 11.1 Å². The average Bonchev–Trinajstić information content (AvgIpc) is 1.92. The molecular formula is C10H30N2. The van der Waals surface area contributed by atoms with E-state index >= 15 is 0 Å². The molecule has 0 heterocycles. The van der Waals surface area contributed by atoms with Crippen molar-refractivity contribution in [3.8, 4) is 0 Å². The van der Waals surface area contributed by atoms with E-state index in [9.17, 15) is 0 Å². The van der Waals surface area contributed by atoms with Crippen molar-refractivity contribution in [2.24, 2.45) is 5.73 Å². The predicted molar refractivity (Wildman–Crippen MR) is 61.6 cm³/mol. The normalized spacial score (nSPS) is 6.50. The third-order valence-corrected chi connectivity index (χ3v) is 0.500. The molecule has 0 fully saturated rings. The smallest absolute Gasteiger partial charge is 0.00775 e. The molecule has 0 aliphatic rings. The van der Waals surface area contributed by atoms with Crippen molar-refractivity contribution >= 4 is 0 Å². The fourth-order valence-electron chi connectivity index (χ4n) is 0.250. The van der Waals surface area contributed by atoms with Gasteiger partial charge >= 0.3 is 0 Å². The zero-order chi connectivity index (χ0) is 9.54. The monoisotopic (exact) mass is 178 g/mol. The highest BCUT2D eigenvalue weighted by Crippen LogP contribution is 1.56. The summed E-state index contributed by atoms with van der Waals surface area (Å²) in [5, 5.41) is 3.11. The van der Waals surface area contributed by atoms with Crippen LogP contribution in [0.4, 0.5) is 0 Å². The molecule has 0 bridgehead atoms. The van der Waals surface area contributed by atoms with Gasteiger partial charge in [-0.05, 0) is 19.6 Å². The molecule has 0 unspecified atom stereocenters. The van der Waals surface area contributed by atoms with Crippen molar-refractivity contribution in [2.75, 3.05) is 19.6 Å². The molecule has 12 heavy (non-hydrogen) atoms. The van der Waals surface area contributed by atoms with Crippen LogP contribution in [-0.2, 0) is 0 Å². The Labute approximate surface area is 79.9 Å². The number of rotatable bonds is 2. The Kier molecular flexibility index (Phi) is 83.8. The van der Waals surface area contributed by atoms with E-state index in [1.807, 2.05) is 6.92 Å². The fourth-order valence-corrected chi connectivity index (χ4v) is 0.250. The molecule has 0 aliphatic carbocycles. The number of hydrogen-bond acceptors (Lipinski definition) is 2. The minimum absolute atomic E-state index is 0. The van der Waals surface area contributed by atoms with E-state index in [2.05, 4.69) is 33.0 Å². The highest BCUT2D eigenvalue weighted by molar-refractivity contribution is 4.27. The molecule has 0 rings (SSSR count). The molecule has 0 radical (unpaired) electrons. The number of nitrogens with two attached hydrogens (primary N) is 1. The van der Waals surface area contributed by atoms with Gasteiger partial charge in [-0.1, -0.05) is 48.5 Å². The molecule has 2 heteroatoms. The van der Waals surface area contributed by atoms with Gasteiger partial charge in [0.2, 0.25) is 0 Å². The summed E-state index contributed by atoms with van der Waals surface area (Å²) >= 11 is 0. The second kappa shape index (κ2) is 44.4. The maximum atomic E-state index is 4.85. The van der Waals surface area contributed by atoms with Crippen LogP contribution in [0.2, 0.25) is 0 Å². The Balaban J connectivity index is -0.0000000406. The summed E-state index contributed by atoms with van der Waals surface area (Å²) in [7, 11) is 0. The van der Waals surface area contributed by atoms with Crippen LogP contribution in [0.25, 0.3) is 0 Å². The average molecular weight is 178 g/mol. The lowest BCUT2D eigenvalue weighted by molar-refractivity contribution is 0.762. The maximum absolute atomic E-state index is 4.85. The summed E-state index contributed by atoms with van der Waals surface area (Å²) in [5.41, 5.74) is 4.85. The van der Waals surface area contributed by atoms with Gasteiger partial charge in [-0.3, -0.25) is 0 Å². The van der Waals surface area contributed by atoms with Gasteiger partial charge in [-0.2, -0.15) is 0 Å². The predicted octanol–water partition coefficient (Wildman–Crippen LogP) is 2.63. The summed E-state index contributed by atoms with van der Waals surface area (Å²) in [6, 6.07) is 0. The van der Waals surface area contributed by atoms with E-state index in [0.717, 1.165) is 19.6 Å². The Hall–Kier alpha value is -0.0800. The van der Waals surface area contributed by atoms with Crippen LogP contribution >= 0.6 is 0 Å². The topological polar surface area (TPSA) is 38.0 Å².